The Morgan fingerprint density at radius 2 is 0.611 bits per heavy atom. The van der Waals surface area contributed by atoms with E-state index in [4.69, 9.17) is 0 Å². The Kier molecular flexibility index (Phi) is 18.4. The predicted molar refractivity (Wildman–Crippen MR) is 306 cm³/mol. The molecule has 2 saturated carbocycles. The zero-order chi connectivity index (χ0) is 50.3. The number of hydrogen-bond acceptors (Lipinski definition) is 0. The van der Waals surface area contributed by atoms with E-state index in [0.29, 0.717) is 0 Å². The van der Waals surface area contributed by atoms with Gasteiger partial charge in [0.05, 0.1) is 0 Å². The van der Waals surface area contributed by atoms with Gasteiger partial charge in [-0.1, -0.05) is 238 Å². The van der Waals surface area contributed by atoms with Crippen LogP contribution in [0.4, 0.5) is 0 Å². The molecule has 0 aromatic heterocycles. The Hall–Kier alpha value is -3.78. The van der Waals surface area contributed by atoms with Gasteiger partial charge in [-0.3, -0.25) is 0 Å². The van der Waals surface area contributed by atoms with E-state index in [1.165, 1.54) is 138 Å². The average molecular weight is 1090 g/mol. The molecule has 376 valence electrons. The number of fused-ring (bicyclic) bond motifs is 2. The first kappa shape index (κ1) is 57.5. The first-order valence-electron chi connectivity index (χ1n) is 26.3. The molecule has 0 bridgehead atoms. The van der Waals surface area contributed by atoms with Gasteiger partial charge in [0.15, 0.2) is 0 Å². The van der Waals surface area contributed by atoms with Crippen molar-refractivity contribution in [2.75, 3.05) is 0 Å². The maximum absolute atomic E-state index is 2.47. The van der Waals surface area contributed by atoms with Crippen LogP contribution in [-0.2, 0) is 57.8 Å². The van der Waals surface area contributed by atoms with E-state index in [1.54, 1.807) is 23.3 Å². The molecule has 72 heavy (non-hydrogen) atoms. The molecule has 0 atom stereocenters. The molecule has 8 aromatic rings. The van der Waals surface area contributed by atoms with Gasteiger partial charge in [-0.25, -0.2) is 0 Å². The summed E-state index contributed by atoms with van der Waals surface area (Å²) in [5.74, 6) is 1.79. The molecular formula is C68H80Cl2SiZr-2. The molecule has 8 aromatic carbocycles. The van der Waals surface area contributed by atoms with E-state index in [1.807, 2.05) is 0 Å². The van der Waals surface area contributed by atoms with Crippen LogP contribution in [0.5, 0.6) is 0 Å². The van der Waals surface area contributed by atoms with Gasteiger partial charge in [0.25, 0.3) is 0 Å². The molecule has 2 fully saturated rings. The molecule has 0 N–H and O–H groups in total. The summed E-state index contributed by atoms with van der Waals surface area (Å²) in [4.78, 5) is 0. The third-order valence-corrected chi connectivity index (χ3v) is 14.6. The maximum atomic E-state index is 2.47. The van der Waals surface area contributed by atoms with Gasteiger partial charge in [0.1, 0.15) is 0 Å². The van der Waals surface area contributed by atoms with Gasteiger partial charge in [0, 0.05) is 0 Å². The van der Waals surface area contributed by atoms with Crippen LogP contribution in [-0.4, -0.2) is 5.43 Å². The zero-order valence-corrected chi connectivity index (χ0v) is 51.0. The minimum Gasteiger partial charge on any atom is -1.00 e. The Bertz CT molecular complexity index is 2670. The summed E-state index contributed by atoms with van der Waals surface area (Å²) < 4.78 is 0. The van der Waals surface area contributed by atoms with Crippen LogP contribution in [0.1, 0.15) is 142 Å². The fraction of sp³-hybridized carbons (Fsp3) is 0.382. The average Bonchev–Trinajstić information content (AvgIpc) is 4.21. The van der Waals surface area contributed by atoms with Gasteiger partial charge in [0.2, 0.25) is 0 Å². The minimum atomic E-state index is 0. The Morgan fingerprint density at radius 1 is 0.389 bits per heavy atom. The van der Waals surface area contributed by atoms with E-state index in [0.717, 1.165) is 11.8 Å². The van der Waals surface area contributed by atoms with Crippen LogP contribution in [0.2, 0.25) is 13.1 Å². The van der Waals surface area contributed by atoms with Crippen LogP contribution < -0.4 is 24.8 Å². The molecule has 0 saturated heterocycles. The fourth-order valence-corrected chi connectivity index (χ4v) is 9.87. The van der Waals surface area contributed by atoms with E-state index in [-0.39, 0.29) is 51.9 Å². The van der Waals surface area contributed by atoms with Crippen molar-refractivity contribution in [1.29, 1.82) is 0 Å². The van der Waals surface area contributed by atoms with E-state index in [9.17, 15) is 0 Å². The molecule has 0 unspecified atom stereocenters. The number of halogens is 2. The summed E-state index contributed by atoms with van der Waals surface area (Å²) in [6.45, 7) is 32.0. The van der Waals surface area contributed by atoms with Gasteiger partial charge in [-0.2, -0.15) is 12.1 Å². The first-order chi connectivity index (χ1) is 32.9. The number of benzene rings is 6. The summed E-state index contributed by atoms with van der Waals surface area (Å²) in [7, 11) is 0. The smallest absolute Gasteiger partial charge is 1.00 e. The molecule has 0 aliphatic heterocycles. The van der Waals surface area contributed by atoms with Crippen LogP contribution in [0.15, 0.2) is 146 Å². The number of hydrogen-bond donors (Lipinski definition) is 0. The molecule has 0 amide bonds. The molecule has 4 heteroatoms. The number of rotatable bonds is 8. The molecular weight excluding hydrogens is 1010 g/mol. The second-order valence-corrected chi connectivity index (χ2v) is 34.7. The second kappa shape index (κ2) is 23.0. The SMILES string of the molecule is CC(C)(C)c1ccc(-c2ccc(-c3ccc(C(C)(C)C)cc3)c3[cH-]c(CC4CC4)cc23)cc1.CC(C)(C)c1ccc(-c2ccc(-c3ccc(C(C)(C)C)cc3)c3[cH-]c(CC4CC4)cc23)cc1.C[Si](C)=[Zr+2].[Cl-].[Cl-]. The summed E-state index contributed by atoms with van der Waals surface area (Å²) in [5, 5.41) is 5.58. The van der Waals surface area contributed by atoms with Gasteiger partial charge < -0.3 is 24.8 Å². The summed E-state index contributed by atoms with van der Waals surface area (Å²) >= 11 is 1.74. The molecule has 0 nitrogen and oxygen atoms in total. The zero-order valence-electron chi connectivity index (χ0n) is 46.0. The van der Waals surface area contributed by atoms with E-state index < -0.39 is 0 Å². The standard InChI is InChI=1S/2C33H37.C2H6Si.2ClH.Zr/c2*1-32(2,3)26-13-9-24(10-14-26)28-17-18-29(25-11-15-27(16-12-25)33(4,5)6)31-21-23(20-30(28)31)19-22-7-8-22;1-3-2;;;/h2*9-18,20-22H,7-8,19H2,1-6H3;1-2H3;2*1H;/q2*-1;;;;+2/p-2. The monoisotopic (exact) mass is 1080 g/mol. The quantitative estimate of drug-likeness (QED) is 0.105. The molecule has 2 aliphatic rings. The van der Waals surface area contributed by atoms with Crippen molar-refractivity contribution in [3.8, 4) is 44.5 Å². The molecule has 2 aliphatic carbocycles. The van der Waals surface area contributed by atoms with Crippen LogP contribution in [0.3, 0.4) is 0 Å². The van der Waals surface area contributed by atoms with Gasteiger partial charge in [-0.15, -0.1) is 44.8 Å². The van der Waals surface area contributed by atoms with Crippen molar-refractivity contribution in [3.63, 3.8) is 0 Å². The summed E-state index contributed by atoms with van der Waals surface area (Å²) in [6.07, 6.45) is 8.01. The first-order valence-corrected chi connectivity index (χ1v) is 32.5. The summed E-state index contributed by atoms with van der Waals surface area (Å²) in [5.41, 5.74) is 20.1. The van der Waals surface area contributed by atoms with Crippen molar-refractivity contribution >= 4 is 27.0 Å². The topological polar surface area (TPSA) is 0 Å². The normalized spacial score (nSPS) is 13.9. The second-order valence-electron chi connectivity index (χ2n) is 25.3. The van der Waals surface area contributed by atoms with Crippen LogP contribution in [0, 0.1) is 11.8 Å². The third-order valence-electron chi connectivity index (χ3n) is 14.6. The minimum absolute atomic E-state index is 0. The van der Waals surface area contributed by atoms with Crippen molar-refractivity contribution in [1.82, 2.24) is 0 Å². The summed E-state index contributed by atoms with van der Waals surface area (Å²) in [6, 6.07) is 56.1. The van der Waals surface area contributed by atoms with Crippen molar-refractivity contribution in [2.45, 2.75) is 156 Å². The largest absolute Gasteiger partial charge is 1.00 e. The maximum Gasteiger partial charge on any atom is -1.00 e. The molecule has 0 spiro atoms. The van der Waals surface area contributed by atoms with E-state index in [2.05, 4.69) is 242 Å². The van der Waals surface area contributed by atoms with Gasteiger partial charge in [-0.05, 0) is 105 Å². The van der Waals surface area contributed by atoms with Crippen LogP contribution in [0.25, 0.3) is 66.1 Å². The third kappa shape index (κ3) is 14.3. The van der Waals surface area contributed by atoms with Gasteiger partial charge >= 0.3 is 41.9 Å². The van der Waals surface area contributed by atoms with Crippen molar-refractivity contribution in [3.05, 3.63) is 179 Å². The Labute approximate surface area is 463 Å². The predicted octanol–water partition coefficient (Wildman–Crippen LogP) is 13.7. The fourth-order valence-electron chi connectivity index (χ4n) is 9.87. The van der Waals surface area contributed by atoms with Crippen molar-refractivity contribution in [2.24, 2.45) is 11.8 Å². The van der Waals surface area contributed by atoms with Crippen LogP contribution >= 0.6 is 0 Å². The Balaban J connectivity index is 0.000000214. The van der Waals surface area contributed by atoms with E-state index >= 15 is 0 Å². The Morgan fingerprint density at radius 3 is 0.833 bits per heavy atom. The molecule has 0 radical (unpaired) electrons. The molecule has 0 heterocycles. The van der Waals surface area contributed by atoms with Crippen molar-refractivity contribution < 1.29 is 48.1 Å². The molecule has 10 rings (SSSR count).